The molecule has 0 aliphatic rings. The molecule has 0 saturated heterocycles. The summed E-state index contributed by atoms with van der Waals surface area (Å²) < 4.78 is 0. The molecule has 0 aliphatic heterocycles. The van der Waals surface area contributed by atoms with E-state index in [1.165, 1.54) is 22.4 Å². The molecule has 0 spiro atoms. The van der Waals surface area contributed by atoms with Crippen LogP contribution < -0.4 is 10.6 Å². The number of thiazole rings is 1. The van der Waals surface area contributed by atoms with Crippen LogP contribution in [-0.4, -0.2) is 17.5 Å². The molecule has 0 bridgehead atoms. The summed E-state index contributed by atoms with van der Waals surface area (Å²) in [6.45, 7) is 8.70. The fourth-order valence-electron chi connectivity index (χ4n) is 2.06. The second-order valence-corrected chi connectivity index (χ2v) is 6.97. The van der Waals surface area contributed by atoms with Gasteiger partial charge in [-0.2, -0.15) is 0 Å². The summed E-state index contributed by atoms with van der Waals surface area (Å²) in [5.41, 5.74) is 2.49. The van der Waals surface area contributed by atoms with Crippen molar-refractivity contribution in [3.05, 3.63) is 51.5 Å². The van der Waals surface area contributed by atoms with E-state index in [2.05, 4.69) is 65.6 Å². The first-order chi connectivity index (χ1) is 11.2. The Morgan fingerprint density at radius 1 is 1.17 bits per heavy atom. The molecule has 2 N–H and O–H groups in total. The largest absolute Gasteiger partial charge is 0.356 e. The minimum Gasteiger partial charge on any atom is -0.356 e. The number of benzene rings is 1. The zero-order valence-electron chi connectivity index (χ0n) is 14.6. The Morgan fingerprint density at radius 2 is 1.92 bits per heavy atom. The van der Waals surface area contributed by atoms with Gasteiger partial charge in [0, 0.05) is 17.6 Å². The number of nitrogens with one attached hydrogen (secondary N) is 2. The van der Waals surface area contributed by atoms with E-state index in [1.807, 2.05) is 6.20 Å². The highest BCUT2D eigenvalue weighted by Gasteiger charge is 2.02. The summed E-state index contributed by atoms with van der Waals surface area (Å²) in [5.74, 6) is 0.854. The van der Waals surface area contributed by atoms with E-state index in [-0.39, 0.29) is 24.0 Å². The first-order valence-electron chi connectivity index (χ1n) is 8.16. The van der Waals surface area contributed by atoms with Crippen molar-refractivity contribution in [1.82, 2.24) is 15.6 Å². The van der Waals surface area contributed by atoms with Crippen molar-refractivity contribution in [2.24, 2.45) is 4.99 Å². The number of aliphatic imine (C=N–C) groups is 1. The summed E-state index contributed by atoms with van der Waals surface area (Å²) in [6, 6.07) is 8.51. The van der Waals surface area contributed by atoms with E-state index >= 15 is 0 Å². The third-order valence-corrected chi connectivity index (χ3v) is 4.35. The van der Waals surface area contributed by atoms with E-state index in [4.69, 9.17) is 0 Å². The van der Waals surface area contributed by atoms with E-state index < -0.39 is 0 Å². The highest BCUT2D eigenvalue weighted by atomic mass is 127. The topological polar surface area (TPSA) is 49.3 Å². The monoisotopic (exact) mass is 458 g/mol. The molecule has 0 unspecified atom stereocenters. The van der Waals surface area contributed by atoms with Gasteiger partial charge in [0.1, 0.15) is 5.01 Å². The fraction of sp³-hybridized carbons (Fsp3) is 0.444. The lowest BCUT2D eigenvalue weighted by Gasteiger charge is -2.11. The molecular weight excluding hydrogens is 431 g/mol. The van der Waals surface area contributed by atoms with E-state index in [9.17, 15) is 0 Å². The Kier molecular flexibility index (Phi) is 9.94. The van der Waals surface area contributed by atoms with Crippen LogP contribution in [0.2, 0.25) is 0 Å². The molecule has 1 aromatic heterocycles. The maximum Gasteiger partial charge on any atom is 0.191 e. The van der Waals surface area contributed by atoms with Gasteiger partial charge < -0.3 is 10.6 Å². The van der Waals surface area contributed by atoms with Gasteiger partial charge in [0.05, 0.1) is 13.1 Å². The standard InChI is InChI=1S/C18H26N4S.HI/c1-4-5-10-19-18(22-13-17-20-11-15(3)23-17)21-12-16-8-6-14(2)7-9-16;/h6-9,11H,4-5,10,12-13H2,1-3H3,(H2,19,21,22);1H. The predicted octanol–water partition coefficient (Wildman–Crippen LogP) is 4.41. The lowest BCUT2D eigenvalue weighted by molar-refractivity contribution is 0.724. The molecule has 0 fully saturated rings. The Balaban J connectivity index is 0.00000288. The van der Waals surface area contributed by atoms with Gasteiger partial charge in [-0.1, -0.05) is 43.2 Å². The van der Waals surface area contributed by atoms with Crippen LogP contribution in [-0.2, 0) is 13.1 Å². The van der Waals surface area contributed by atoms with Crippen LogP contribution in [0.4, 0.5) is 0 Å². The molecule has 6 heteroatoms. The normalized spacial score (nSPS) is 11.0. The van der Waals surface area contributed by atoms with Crippen molar-refractivity contribution in [1.29, 1.82) is 0 Å². The maximum atomic E-state index is 4.69. The van der Waals surface area contributed by atoms with Crippen LogP contribution in [0.15, 0.2) is 35.5 Å². The quantitative estimate of drug-likeness (QED) is 0.280. The molecule has 0 saturated carbocycles. The molecule has 0 radical (unpaired) electrons. The van der Waals surface area contributed by atoms with Crippen LogP contribution >= 0.6 is 35.3 Å². The van der Waals surface area contributed by atoms with E-state index in [0.717, 1.165) is 23.9 Å². The second-order valence-electron chi connectivity index (χ2n) is 5.65. The van der Waals surface area contributed by atoms with Crippen LogP contribution in [0.25, 0.3) is 0 Å². The number of rotatable bonds is 7. The average Bonchev–Trinajstić information content (AvgIpc) is 2.96. The molecule has 24 heavy (non-hydrogen) atoms. The van der Waals surface area contributed by atoms with Gasteiger partial charge in [-0.25, -0.2) is 9.98 Å². The minimum atomic E-state index is 0. The van der Waals surface area contributed by atoms with Crippen molar-refractivity contribution in [2.75, 3.05) is 6.54 Å². The highest BCUT2D eigenvalue weighted by Crippen LogP contribution is 2.10. The van der Waals surface area contributed by atoms with Gasteiger partial charge in [0.25, 0.3) is 0 Å². The molecule has 1 heterocycles. The summed E-state index contributed by atoms with van der Waals surface area (Å²) in [6.07, 6.45) is 4.22. The predicted molar refractivity (Wildman–Crippen MR) is 114 cm³/mol. The van der Waals surface area contributed by atoms with Gasteiger partial charge in [0.2, 0.25) is 0 Å². The fourth-order valence-corrected chi connectivity index (χ4v) is 2.79. The van der Waals surface area contributed by atoms with Crippen molar-refractivity contribution in [3.63, 3.8) is 0 Å². The number of unbranched alkanes of at least 4 members (excludes halogenated alkanes) is 1. The highest BCUT2D eigenvalue weighted by molar-refractivity contribution is 14.0. The van der Waals surface area contributed by atoms with Crippen molar-refractivity contribution >= 4 is 41.3 Å². The smallest absolute Gasteiger partial charge is 0.191 e. The third-order valence-electron chi connectivity index (χ3n) is 3.44. The van der Waals surface area contributed by atoms with Crippen LogP contribution in [0.1, 0.15) is 40.8 Å². The van der Waals surface area contributed by atoms with Crippen LogP contribution in [0.3, 0.4) is 0 Å². The number of aromatic nitrogens is 1. The molecule has 4 nitrogen and oxygen atoms in total. The Bertz CT molecular complexity index is 622. The number of halogens is 1. The minimum absolute atomic E-state index is 0. The number of guanidine groups is 1. The van der Waals surface area contributed by atoms with Crippen molar-refractivity contribution in [2.45, 2.75) is 46.7 Å². The van der Waals surface area contributed by atoms with Gasteiger partial charge >= 0.3 is 0 Å². The van der Waals surface area contributed by atoms with Gasteiger partial charge in [-0.15, -0.1) is 35.3 Å². The number of nitrogens with zero attached hydrogens (tertiary/aromatic N) is 2. The van der Waals surface area contributed by atoms with Gasteiger partial charge in [0.15, 0.2) is 5.96 Å². The molecule has 132 valence electrons. The molecule has 2 aromatic rings. The summed E-state index contributed by atoms with van der Waals surface area (Å²) in [7, 11) is 0. The lowest BCUT2D eigenvalue weighted by atomic mass is 10.1. The number of aryl methyl sites for hydroxylation is 2. The summed E-state index contributed by atoms with van der Waals surface area (Å²) >= 11 is 1.72. The first-order valence-corrected chi connectivity index (χ1v) is 8.98. The van der Waals surface area contributed by atoms with Gasteiger partial charge in [-0.05, 0) is 25.8 Å². The molecule has 2 rings (SSSR count). The van der Waals surface area contributed by atoms with Crippen LogP contribution in [0, 0.1) is 13.8 Å². The van der Waals surface area contributed by atoms with Crippen molar-refractivity contribution < 1.29 is 0 Å². The maximum absolute atomic E-state index is 4.69. The molecule has 1 aromatic carbocycles. The number of hydrogen-bond donors (Lipinski definition) is 2. The summed E-state index contributed by atoms with van der Waals surface area (Å²) in [4.78, 5) is 10.3. The van der Waals surface area contributed by atoms with Crippen molar-refractivity contribution in [3.8, 4) is 0 Å². The number of hydrogen-bond acceptors (Lipinski definition) is 3. The second kappa shape index (κ2) is 11.4. The molecule has 0 aliphatic carbocycles. The van der Waals surface area contributed by atoms with Gasteiger partial charge in [-0.3, -0.25) is 0 Å². The first kappa shape index (κ1) is 20.9. The summed E-state index contributed by atoms with van der Waals surface area (Å²) in [5, 5.41) is 7.86. The van der Waals surface area contributed by atoms with E-state index in [0.29, 0.717) is 13.1 Å². The zero-order valence-corrected chi connectivity index (χ0v) is 17.8. The molecule has 0 atom stereocenters. The zero-order chi connectivity index (χ0) is 16.5. The molecular formula is C18H27IN4S. The third kappa shape index (κ3) is 7.61. The Morgan fingerprint density at radius 3 is 2.54 bits per heavy atom. The average molecular weight is 458 g/mol. The lowest BCUT2D eigenvalue weighted by Crippen LogP contribution is -2.37. The van der Waals surface area contributed by atoms with Crippen LogP contribution in [0.5, 0.6) is 0 Å². The van der Waals surface area contributed by atoms with E-state index in [1.54, 1.807) is 11.3 Å². The molecule has 0 amide bonds. The SMILES string of the molecule is CCCCNC(=NCc1ccc(C)cc1)NCc1ncc(C)s1.I. The Hall–Kier alpha value is -1.15. The Labute approximate surface area is 166 Å².